The lowest BCUT2D eigenvalue weighted by atomic mass is 10.0. The monoisotopic (exact) mass is 346 g/mol. The lowest BCUT2D eigenvalue weighted by Gasteiger charge is -2.07. The molecule has 0 unspecified atom stereocenters. The maximum atomic E-state index is 2.44. The van der Waals surface area contributed by atoms with E-state index in [2.05, 4.69) is 78.1 Å². The topological polar surface area (TPSA) is 0 Å². The highest BCUT2D eigenvalue weighted by atomic mass is 127. The summed E-state index contributed by atoms with van der Waals surface area (Å²) >= 11 is 2.44. The van der Waals surface area contributed by atoms with E-state index in [1.165, 1.54) is 31.4 Å². The predicted molar refractivity (Wildman–Crippen MR) is 85.7 cm³/mol. The molecule has 0 saturated carbocycles. The Morgan fingerprint density at radius 2 is 1.94 bits per heavy atom. The Kier molecular flexibility index (Phi) is 3.25. The van der Waals surface area contributed by atoms with E-state index in [9.17, 15) is 0 Å². The van der Waals surface area contributed by atoms with Crippen LogP contribution in [0.25, 0.3) is 6.08 Å². The molecular formula is C17H15I. The molecule has 2 aromatic carbocycles. The van der Waals surface area contributed by atoms with Crippen molar-refractivity contribution in [3.63, 3.8) is 0 Å². The zero-order valence-electron chi connectivity index (χ0n) is 10.4. The van der Waals surface area contributed by atoms with E-state index in [0.717, 1.165) is 12.8 Å². The summed E-state index contributed by atoms with van der Waals surface area (Å²) in [6.45, 7) is 2.16. The van der Waals surface area contributed by atoms with E-state index in [-0.39, 0.29) is 0 Å². The summed E-state index contributed by atoms with van der Waals surface area (Å²) in [5, 5.41) is 0. The van der Waals surface area contributed by atoms with Gasteiger partial charge in [-0.1, -0.05) is 53.6 Å². The molecule has 0 fully saturated rings. The lowest BCUT2D eigenvalue weighted by molar-refractivity contribution is 1.06. The zero-order chi connectivity index (χ0) is 12.5. The second kappa shape index (κ2) is 4.88. The van der Waals surface area contributed by atoms with Crippen LogP contribution in [0.2, 0.25) is 0 Å². The molecule has 0 spiro atoms. The van der Waals surface area contributed by atoms with Gasteiger partial charge in [-0.3, -0.25) is 0 Å². The number of fused-ring (bicyclic) bond motifs is 1. The third-order valence-electron chi connectivity index (χ3n) is 3.45. The van der Waals surface area contributed by atoms with Crippen molar-refractivity contribution in [2.75, 3.05) is 0 Å². The van der Waals surface area contributed by atoms with Gasteiger partial charge in [0, 0.05) is 3.57 Å². The molecule has 0 bridgehead atoms. The Labute approximate surface area is 122 Å². The van der Waals surface area contributed by atoms with Crippen LogP contribution in [0.15, 0.2) is 48.0 Å². The first kappa shape index (κ1) is 12.0. The highest BCUT2D eigenvalue weighted by Gasteiger charge is 2.13. The van der Waals surface area contributed by atoms with Crippen LogP contribution in [0.3, 0.4) is 0 Å². The Morgan fingerprint density at radius 3 is 2.78 bits per heavy atom. The minimum absolute atomic E-state index is 1.08. The van der Waals surface area contributed by atoms with Gasteiger partial charge in [-0.25, -0.2) is 0 Å². The van der Waals surface area contributed by atoms with Crippen LogP contribution in [-0.2, 0) is 12.8 Å². The fraction of sp³-hybridized carbons (Fsp3) is 0.176. The molecule has 1 heteroatoms. The molecule has 90 valence electrons. The van der Waals surface area contributed by atoms with Crippen molar-refractivity contribution in [2.45, 2.75) is 19.8 Å². The number of rotatable bonds is 2. The van der Waals surface area contributed by atoms with E-state index in [1.807, 2.05) is 0 Å². The van der Waals surface area contributed by atoms with Gasteiger partial charge < -0.3 is 0 Å². The second-order valence-corrected chi connectivity index (χ2v) is 6.11. The maximum Gasteiger partial charge on any atom is 0.0165 e. The molecule has 0 heterocycles. The summed E-state index contributed by atoms with van der Waals surface area (Å²) < 4.78 is 1.37. The number of hydrogen-bond acceptors (Lipinski definition) is 0. The Morgan fingerprint density at radius 1 is 1.11 bits per heavy atom. The first-order valence-electron chi connectivity index (χ1n) is 6.25. The van der Waals surface area contributed by atoms with Crippen LogP contribution in [0.5, 0.6) is 0 Å². The van der Waals surface area contributed by atoms with Gasteiger partial charge >= 0.3 is 0 Å². The predicted octanol–water partition coefficient (Wildman–Crippen LogP) is 4.78. The molecule has 18 heavy (non-hydrogen) atoms. The molecule has 0 N–H and O–H groups in total. The molecule has 0 saturated heterocycles. The highest BCUT2D eigenvalue weighted by Crippen LogP contribution is 2.28. The quantitative estimate of drug-likeness (QED) is 0.687. The number of allylic oxidation sites excluding steroid dienone is 1. The van der Waals surface area contributed by atoms with Crippen molar-refractivity contribution >= 4 is 28.7 Å². The molecule has 0 aromatic heterocycles. The highest BCUT2D eigenvalue weighted by molar-refractivity contribution is 14.1. The van der Waals surface area contributed by atoms with E-state index in [1.54, 1.807) is 0 Å². The third-order valence-corrected chi connectivity index (χ3v) is 4.50. The van der Waals surface area contributed by atoms with Crippen LogP contribution in [0, 0.1) is 10.5 Å². The first-order valence-corrected chi connectivity index (χ1v) is 7.32. The molecule has 3 rings (SSSR count). The van der Waals surface area contributed by atoms with Gasteiger partial charge in [0.1, 0.15) is 0 Å². The fourth-order valence-electron chi connectivity index (χ4n) is 2.55. The maximum absolute atomic E-state index is 2.44. The number of halogens is 1. The number of aryl methyl sites for hydroxylation is 1. The summed E-state index contributed by atoms with van der Waals surface area (Å²) in [5.41, 5.74) is 7.20. The molecule has 0 amide bonds. The van der Waals surface area contributed by atoms with Gasteiger partial charge in [-0.15, -0.1) is 0 Å². The second-order valence-electron chi connectivity index (χ2n) is 4.95. The minimum Gasteiger partial charge on any atom is -0.0619 e. The summed E-state index contributed by atoms with van der Waals surface area (Å²) in [6, 6.07) is 15.4. The normalized spacial score (nSPS) is 13.3. The number of benzene rings is 2. The molecule has 2 aromatic rings. The third kappa shape index (κ3) is 2.37. The molecule has 0 atom stereocenters. The van der Waals surface area contributed by atoms with E-state index < -0.39 is 0 Å². The van der Waals surface area contributed by atoms with Crippen molar-refractivity contribution in [1.82, 2.24) is 0 Å². The van der Waals surface area contributed by atoms with E-state index in [0.29, 0.717) is 0 Å². The summed E-state index contributed by atoms with van der Waals surface area (Å²) in [4.78, 5) is 0. The number of hydrogen-bond donors (Lipinski definition) is 0. The van der Waals surface area contributed by atoms with Crippen LogP contribution in [0.1, 0.15) is 22.3 Å². The van der Waals surface area contributed by atoms with Crippen molar-refractivity contribution < 1.29 is 0 Å². The van der Waals surface area contributed by atoms with Crippen molar-refractivity contribution in [3.05, 3.63) is 73.9 Å². The van der Waals surface area contributed by atoms with Gasteiger partial charge in [-0.05, 0) is 65.1 Å². The molecule has 0 radical (unpaired) electrons. The molecule has 1 aliphatic carbocycles. The minimum atomic E-state index is 1.08. The van der Waals surface area contributed by atoms with Crippen LogP contribution >= 0.6 is 22.6 Å². The van der Waals surface area contributed by atoms with Crippen LogP contribution in [-0.4, -0.2) is 0 Å². The fourth-order valence-corrected chi connectivity index (χ4v) is 3.07. The van der Waals surface area contributed by atoms with Gasteiger partial charge in [0.05, 0.1) is 0 Å². The smallest absolute Gasteiger partial charge is 0.0165 e. The van der Waals surface area contributed by atoms with Gasteiger partial charge in [0.2, 0.25) is 0 Å². The van der Waals surface area contributed by atoms with E-state index >= 15 is 0 Å². The summed E-state index contributed by atoms with van der Waals surface area (Å²) in [5.74, 6) is 0. The molecular weight excluding hydrogens is 331 g/mol. The Balaban J connectivity index is 1.86. The standard InChI is InChI=1S/C17H15I/c1-12-6-7-17(18)16(8-12)11-13-9-14-4-2-3-5-15(14)10-13/h2-9H,10-11H2,1H3. The average molecular weight is 346 g/mol. The molecule has 0 nitrogen and oxygen atoms in total. The first-order chi connectivity index (χ1) is 8.72. The van der Waals surface area contributed by atoms with Crippen LogP contribution < -0.4 is 0 Å². The average Bonchev–Trinajstić information content (AvgIpc) is 2.76. The molecule has 0 aliphatic heterocycles. The SMILES string of the molecule is Cc1ccc(I)c(CC2=Cc3ccccc3C2)c1. The van der Waals surface area contributed by atoms with Crippen molar-refractivity contribution in [2.24, 2.45) is 0 Å². The summed E-state index contributed by atoms with van der Waals surface area (Å²) in [7, 11) is 0. The van der Waals surface area contributed by atoms with Gasteiger partial charge in [0.15, 0.2) is 0 Å². The lowest BCUT2D eigenvalue weighted by Crippen LogP contribution is -1.94. The van der Waals surface area contributed by atoms with Gasteiger partial charge in [0.25, 0.3) is 0 Å². The van der Waals surface area contributed by atoms with Crippen molar-refractivity contribution in [1.29, 1.82) is 0 Å². The van der Waals surface area contributed by atoms with Crippen molar-refractivity contribution in [3.8, 4) is 0 Å². The zero-order valence-corrected chi connectivity index (χ0v) is 12.6. The summed E-state index contributed by atoms with van der Waals surface area (Å²) in [6.07, 6.45) is 4.54. The Hall–Kier alpha value is -1.09. The van der Waals surface area contributed by atoms with Gasteiger partial charge in [-0.2, -0.15) is 0 Å². The Bertz CT molecular complexity index is 623. The molecule has 1 aliphatic rings. The largest absolute Gasteiger partial charge is 0.0619 e. The van der Waals surface area contributed by atoms with Crippen LogP contribution in [0.4, 0.5) is 0 Å². The van der Waals surface area contributed by atoms with E-state index in [4.69, 9.17) is 0 Å².